The average Bonchev–Trinajstić information content (AvgIpc) is 3.41. The van der Waals surface area contributed by atoms with Crippen molar-refractivity contribution in [2.45, 2.75) is 57.6 Å². The number of alkyl halides is 3. The number of fused-ring (bicyclic) bond motifs is 1. The first-order valence-electron chi connectivity index (χ1n) is 12.0. The second kappa shape index (κ2) is 9.40. The van der Waals surface area contributed by atoms with E-state index in [1.165, 1.54) is 13.0 Å². The first kappa shape index (κ1) is 25.1. The molecule has 1 saturated carbocycles. The summed E-state index contributed by atoms with van der Waals surface area (Å²) in [4.78, 5) is 18.1. The fourth-order valence-electron chi connectivity index (χ4n) is 4.55. The molecule has 2 aliphatic heterocycles. The Bertz CT molecular complexity index is 1310. The Balaban J connectivity index is 1.44. The maximum Gasteiger partial charge on any atom is 0.419 e. The molecule has 0 spiro atoms. The molecular weight excluding hydrogens is 492 g/mol. The number of amidine groups is 1. The molecule has 1 aromatic heterocycles. The molecular formula is C25H26F4N6O2. The van der Waals surface area contributed by atoms with Crippen LogP contribution >= 0.6 is 0 Å². The molecule has 8 nitrogen and oxygen atoms in total. The predicted octanol–water partition coefficient (Wildman–Crippen LogP) is 3.44. The molecule has 2 aromatic rings. The number of carbonyl (C=O) groups excluding carboxylic acids is 1. The van der Waals surface area contributed by atoms with Crippen LogP contribution in [-0.2, 0) is 17.5 Å². The normalized spacial score (nSPS) is 21.1. The van der Waals surface area contributed by atoms with Gasteiger partial charge in [-0.1, -0.05) is 12.1 Å². The molecule has 37 heavy (non-hydrogen) atoms. The van der Waals surface area contributed by atoms with E-state index in [9.17, 15) is 27.5 Å². The van der Waals surface area contributed by atoms with E-state index in [1.807, 2.05) is 0 Å². The minimum Gasteiger partial charge on any atom is -0.391 e. The van der Waals surface area contributed by atoms with Crippen molar-refractivity contribution in [3.8, 4) is 0 Å². The molecule has 0 saturated heterocycles. The molecule has 3 aliphatic rings. The van der Waals surface area contributed by atoms with Gasteiger partial charge in [0.05, 0.1) is 54.3 Å². The lowest BCUT2D eigenvalue weighted by Gasteiger charge is -2.24. The number of carbonyl (C=O) groups is 1. The molecule has 196 valence electrons. The number of nitrogens with one attached hydrogen (secondary N) is 1. The quantitative estimate of drug-likeness (QED) is 0.549. The predicted molar refractivity (Wildman–Crippen MR) is 127 cm³/mol. The van der Waals surface area contributed by atoms with Crippen molar-refractivity contribution < 1.29 is 27.5 Å². The Labute approximate surface area is 210 Å². The van der Waals surface area contributed by atoms with Gasteiger partial charge in [-0.25, -0.2) is 9.40 Å². The SMILES string of the molecule is C[C@H](O)Cn1cc(C2=NN3C[C@@H](C4CC4)N=C3C(C(=O)N[C@H](C)c3cccc(C(F)(F)F)c3F)=C2)cn1. The van der Waals surface area contributed by atoms with Crippen LogP contribution < -0.4 is 5.32 Å². The smallest absolute Gasteiger partial charge is 0.391 e. The van der Waals surface area contributed by atoms with Gasteiger partial charge in [0.1, 0.15) is 5.82 Å². The van der Waals surface area contributed by atoms with Gasteiger partial charge in [-0.3, -0.25) is 14.5 Å². The van der Waals surface area contributed by atoms with Crippen molar-refractivity contribution >= 4 is 17.5 Å². The summed E-state index contributed by atoms with van der Waals surface area (Å²) in [6.45, 7) is 3.86. The monoisotopic (exact) mass is 518 g/mol. The molecule has 1 aliphatic carbocycles. The van der Waals surface area contributed by atoms with E-state index < -0.39 is 35.6 Å². The molecule has 0 bridgehead atoms. The lowest BCUT2D eigenvalue weighted by atomic mass is 10.0. The van der Waals surface area contributed by atoms with Crippen LogP contribution in [-0.4, -0.2) is 56.0 Å². The third-order valence-corrected chi connectivity index (χ3v) is 6.58. The minimum absolute atomic E-state index is 0.00871. The molecule has 2 N–H and O–H groups in total. The van der Waals surface area contributed by atoms with Crippen LogP contribution in [0.1, 0.15) is 49.4 Å². The number of halogens is 4. The van der Waals surface area contributed by atoms with E-state index >= 15 is 0 Å². The van der Waals surface area contributed by atoms with Gasteiger partial charge >= 0.3 is 6.18 Å². The lowest BCUT2D eigenvalue weighted by Crippen LogP contribution is -2.38. The summed E-state index contributed by atoms with van der Waals surface area (Å²) in [6, 6.07) is 1.95. The number of aliphatic hydroxyl groups excluding tert-OH is 1. The summed E-state index contributed by atoms with van der Waals surface area (Å²) < 4.78 is 55.8. The second-order valence-corrected chi connectivity index (χ2v) is 9.68. The molecule has 0 unspecified atom stereocenters. The van der Waals surface area contributed by atoms with Gasteiger partial charge in [0, 0.05) is 17.3 Å². The van der Waals surface area contributed by atoms with E-state index in [4.69, 9.17) is 4.99 Å². The van der Waals surface area contributed by atoms with Crippen LogP contribution in [0.15, 0.2) is 52.3 Å². The van der Waals surface area contributed by atoms with Gasteiger partial charge in [-0.15, -0.1) is 0 Å². The second-order valence-electron chi connectivity index (χ2n) is 9.68. The van der Waals surface area contributed by atoms with Crippen LogP contribution in [0.2, 0.25) is 0 Å². The van der Waals surface area contributed by atoms with Crippen LogP contribution in [0.3, 0.4) is 0 Å². The maximum atomic E-state index is 14.7. The minimum atomic E-state index is -4.85. The number of aromatic nitrogens is 2. The highest BCUT2D eigenvalue weighted by Gasteiger charge is 2.41. The molecule has 1 amide bonds. The Kier molecular flexibility index (Phi) is 6.38. The van der Waals surface area contributed by atoms with Crippen LogP contribution in [0, 0.1) is 11.7 Å². The van der Waals surface area contributed by atoms with E-state index in [1.54, 1.807) is 35.1 Å². The summed E-state index contributed by atoms with van der Waals surface area (Å²) in [7, 11) is 0. The van der Waals surface area contributed by atoms with Crippen molar-refractivity contribution in [2.24, 2.45) is 16.0 Å². The van der Waals surface area contributed by atoms with Gasteiger partial charge in [-0.2, -0.15) is 23.4 Å². The molecule has 1 fully saturated rings. The van der Waals surface area contributed by atoms with E-state index in [0.29, 0.717) is 35.6 Å². The van der Waals surface area contributed by atoms with Crippen molar-refractivity contribution in [1.82, 2.24) is 20.1 Å². The standard InChI is InChI=1S/C25H26F4N6O2/c1-13(36)10-34-11-16(9-30-34)20-8-18(23-32-21(15-6-7-15)12-35(23)33-20)24(37)31-14(2)17-4-3-5-19(22(17)26)25(27,28)29/h3-5,8-9,11,13-15,21,36H,6-7,10,12H2,1-2H3,(H,31,37)/t13-,14+,21-/m0/s1. The topological polar surface area (TPSA) is 95.1 Å². The molecule has 12 heteroatoms. The van der Waals surface area contributed by atoms with Crippen molar-refractivity contribution in [2.75, 3.05) is 6.54 Å². The van der Waals surface area contributed by atoms with Gasteiger partial charge in [0.2, 0.25) is 0 Å². The van der Waals surface area contributed by atoms with Gasteiger partial charge in [-0.05, 0) is 44.7 Å². The Morgan fingerprint density at radius 1 is 1.27 bits per heavy atom. The first-order valence-corrected chi connectivity index (χ1v) is 12.0. The number of amides is 1. The average molecular weight is 519 g/mol. The Hall–Kier alpha value is -3.54. The zero-order valence-corrected chi connectivity index (χ0v) is 20.2. The van der Waals surface area contributed by atoms with Crippen molar-refractivity contribution in [3.05, 3.63) is 64.7 Å². The molecule has 0 radical (unpaired) electrons. The summed E-state index contributed by atoms with van der Waals surface area (Å²) in [5.41, 5.74) is -0.387. The number of hydrogen-bond acceptors (Lipinski definition) is 6. The van der Waals surface area contributed by atoms with Crippen LogP contribution in [0.4, 0.5) is 17.6 Å². The van der Waals surface area contributed by atoms with Crippen molar-refractivity contribution in [3.63, 3.8) is 0 Å². The highest BCUT2D eigenvalue weighted by molar-refractivity contribution is 6.28. The zero-order chi connectivity index (χ0) is 26.5. The maximum absolute atomic E-state index is 14.7. The number of aliphatic imine (C=N–C) groups is 1. The molecule has 1 aromatic carbocycles. The van der Waals surface area contributed by atoms with E-state index in [-0.39, 0.29) is 23.7 Å². The highest BCUT2D eigenvalue weighted by atomic mass is 19.4. The fourth-order valence-corrected chi connectivity index (χ4v) is 4.55. The lowest BCUT2D eigenvalue weighted by molar-refractivity contribution is -0.140. The van der Waals surface area contributed by atoms with Crippen molar-refractivity contribution in [1.29, 1.82) is 0 Å². The van der Waals surface area contributed by atoms with E-state index in [0.717, 1.165) is 18.9 Å². The van der Waals surface area contributed by atoms with Gasteiger partial charge in [0.15, 0.2) is 5.84 Å². The number of hydrogen-bond donors (Lipinski definition) is 2. The summed E-state index contributed by atoms with van der Waals surface area (Å²) in [5, 5.41) is 22.8. The summed E-state index contributed by atoms with van der Waals surface area (Å²) in [5.74, 6) is -1.21. The molecule has 3 atom stereocenters. The molecule has 5 rings (SSSR count). The molecule has 3 heterocycles. The summed E-state index contributed by atoms with van der Waals surface area (Å²) in [6.07, 6.45) is 1.48. The fraction of sp³-hybridized carbons (Fsp3) is 0.440. The number of aliphatic hydroxyl groups is 1. The Morgan fingerprint density at radius 2 is 2.03 bits per heavy atom. The zero-order valence-electron chi connectivity index (χ0n) is 20.2. The van der Waals surface area contributed by atoms with Crippen LogP contribution in [0.5, 0.6) is 0 Å². The highest BCUT2D eigenvalue weighted by Crippen LogP contribution is 2.38. The number of hydrazone groups is 1. The van der Waals surface area contributed by atoms with Gasteiger partial charge in [0.25, 0.3) is 5.91 Å². The third kappa shape index (κ3) is 5.15. The number of allylic oxidation sites excluding steroid dienone is 1. The summed E-state index contributed by atoms with van der Waals surface area (Å²) >= 11 is 0. The number of benzene rings is 1. The van der Waals surface area contributed by atoms with Gasteiger partial charge < -0.3 is 10.4 Å². The number of nitrogens with zero attached hydrogens (tertiary/aromatic N) is 5. The largest absolute Gasteiger partial charge is 0.419 e. The number of rotatable bonds is 7. The van der Waals surface area contributed by atoms with E-state index in [2.05, 4.69) is 15.5 Å². The van der Waals surface area contributed by atoms with Crippen LogP contribution in [0.25, 0.3) is 0 Å². The third-order valence-electron chi connectivity index (χ3n) is 6.58. The Morgan fingerprint density at radius 3 is 2.70 bits per heavy atom. The first-order chi connectivity index (χ1) is 17.5.